The van der Waals surface area contributed by atoms with Crippen LogP contribution in [0.2, 0.25) is 0 Å². The van der Waals surface area contributed by atoms with Crippen molar-refractivity contribution in [3.8, 4) is 0 Å². The van der Waals surface area contributed by atoms with Gasteiger partial charge in [0.05, 0.1) is 5.56 Å². The van der Waals surface area contributed by atoms with Crippen LogP contribution in [0.5, 0.6) is 0 Å². The first-order valence-corrected chi connectivity index (χ1v) is 7.63. The van der Waals surface area contributed by atoms with E-state index in [2.05, 4.69) is 11.9 Å². The van der Waals surface area contributed by atoms with E-state index in [1.807, 2.05) is 29.2 Å². The summed E-state index contributed by atoms with van der Waals surface area (Å²) < 4.78 is 0. The fraction of sp³-hybridized carbons (Fsp3) is 0.412. The molecular weight excluding hydrogens is 262 g/mol. The number of carbonyl (C=O) groups is 1. The minimum atomic E-state index is 0.0763. The Labute approximate surface area is 125 Å². The molecule has 1 heterocycles. The van der Waals surface area contributed by atoms with Gasteiger partial charge in [0.25, 0.3) is 5.91 Å². The zero-order chi connectivity index (χ0) is 14.8. The first-order chi connectivity index (χ1) is 10.2. The molecule has 0 unspecified atom stereocenters. The highest BCUT2D eigenvalue weighted by Gasteiger charge is 2.27. The third-order valence-electron chi connectivity index (χ3n) is 4.01. The first-order valence-electron chi connectivity index (χ1n) is 7.63. The van der Waals surface area contributed by atoms with Crippen molar-refractivity contribution in [1.29, 1.82) is 0 Å². The van der Waals surface area contributed by atoms with Gasteiger partial charge < -0.3 is 10.6 Å². The van der Waals surface area contributed by atoms with E-state index in [4.69, 9.17) is 5.73 Å². The van der Waals surface area contributed by atoms with Crippen LogP contribution in [-0.4, -0.2) is 28.9 Å². The number of anilines is 1. The van der Waals surface area contributed by atoms with E-state index in [0.29, 0.717) is 17.3 Å². The van der Waals surface area contributed by atoms with Crippen molar-refractivity contribution in [2.45, 2.75) is 26.2 Å². The Kier molecular flexibility index (Phi) is 3.78. The van der Waals surface area contributed by atoms with Gasteiger partial charge >= 0.3 is 0 Å². The van der Waals surface area contributed by atoms with E-state index in [9.17, 15) is 4.79 Å². The summed E-state index contributed by atoms with van der Waals surface area (Å²) >= 11 is 0. The number of nitrogens with two attached hydrogens (primary N) is 1. The van der Waals surface area contributed by atoms with Gasteiger partial charge in [0.1, 0.15) is 5.82 Å². The number of pyridine rings is 1. The molecule has 3 rings (SSSR count). The predicted octanol–water partition coefficient (Wildman–Crippen LogP) is 3.08. The quantitative estimate of drug-likeness (QED) is 0.917. The van der Waals surface area contributed by atoms with Crippen LogP contribution < -0.4 is 5.73 Å². The summed E-state index contributed by atoms with van der Waals surface area (Å²) in [5.74, 6) is 1.24. The van der Waals surface area contributed by atoms with Crippen LogP contribution in [0.15, 0.2) is 30.5 Å². The fourth-order valence-electron chi connectivity index (χ4n) is 2.71. The number of amides is 1. The Balaban J connectivity index is 1.97. The Bertz CT molecular complexity index is 664. The number of fused-ring (bicyclic) bond motifs is 1. The number of benzene rings is 1. The number of rotatable bonds is 5. The molecular formula is C17H21N3O. The Morgan fingerprint density at radius 3 is 2.71 bits per heavy atom. The van der Waals surface area contributed by atoms with E-state index in [1.54, 1.807) is 6.20 Å². The standard InChI is InChI=1S/C17H21N3O/c1-2-9-20(11-12-7-8-12)17(21)15-10-19-16(18)14-6-4-3-5-13(14)15/h3-6,10,12H,2,7-9,11H2,1H3,(H2,18,19). The monoisotopic (exact) mass is 283 g/mol. The van der Waals surface area contributed by atoms with Crippen molar-refractivity contribution in [2.24, 2.45) is 5.92 Å². The lowest BCUT2D eigenvalue weighted by atomic mass is 10.1. The number of hydrogen-bond donors (Lipinski definition) is 1. The molecule has 0 saturated heterocycles. The summed E-state index contributed by atoms with van der Waals surface area (Å²) in [6, 6.07) is 7.72. The molecule has 0 aliphatic heterocycles. The lowest BCUT2D eigenvalue weighted by Gasteiger charge is -2.22. The molecule has 2 N–H and O–H groups in total. The third-order valence-corrected chi connectivity index (χ3v) is 4.01. The SMILES string of the molecule is CCCN(CC1CC1)C(=O)c1cnc(N)c2ccccc12. The highest BCUT2D eigenvalue weighted by atomic mass is 16.2. The Hall–Kier alpha value is -2.10. The predicted molar refractivity (Wildman–Crippen MR) is 85.1 cm³/mol. The second-order valence-electron chi connectivity index (χ2n) is 5.80. The molecule has 1 aliphatic carbocycles. The molecule has 1 saturated carbocycles. The molecule has 0 spiro atoms. The van der Waals surface area contributed by atoms with Gasteiger partial charge in [-0.25, -0.2) is 4.98 Å². The topological polar surface area (TPSA) is 59.2 Å². The van der Waals surface area contributed by atoms with Gasteiger partial charge in [-0.1, -0.05) is 31.2 Å². The molecule has 0 radical (unpaired) electrons. The fourth-order valence-corrected chi connectivity index (χ4v) is 2.71. The maximum Gasteiger partial charge on any atom is 0.256 e. The summed E-state index contributed by atoms with van der Waals surface area (Å²) in [6.45, 7) is 3.77. The lowest BCUT2D eigenvalue weighted by Crippen LogP contribution is -2.33. The minimum absolute atomic E-state index is 0.0763. The molecule has 1 amide bonds. The highest BCUT2D eigenvalue weighted by molar-refractivity contribution is 6.08. The zero-order valence-corrected chi connectivity index (χ0v) is 12.4. The van der Waals surface area contributed by atoms with Gasteiger partial charge in [-0.2, -0.15) is 0 Å². The second kappa shape index (κ2) is 5.72. The molecule has 0 atom stereocenters. The number of hydrogen-bond acceptors (Lipinski definition) is 3. The summed E-state index contributed by atoms with van der Waals surface area (Å²) in [7, 11) is 0. The molecule has 4 heteroatoms. The smallest absolute Gasteiger partial charge is 0.256 e. The first kappa shape index (κ1) is 13.9. The van der Waals surface area contributed by atoms with Crippen LogP contribution in [0.25, 0.3) is 10.8 Å². The van der Waals surface area contributed by atoms with Crippen LogP contribution in [0.4, 0.5) is 5.82 Å². The van der Waals surface area contributed by atoms with Crippen LogP contribution in [-0.2, 0) is 0 Å². The number of aromatic nitrogens is 1. The maximum absolute atomic E-state index is 12.9. The number of nitrogens with zero attached hydrogens (tertiary/aromatic N) is 2. The van der Waals surface area contributed by atoms with Crippen LogP contribution in [0.1, 0.15) is 36.5 Å². The molecule has 1 aliphatic rings. The summed E-state index contributed by atoms with van der Waals surface area (Å²) in [5, 5.41) is 1.75. The summed E-state index contributed by atoms with van der Waals surface area (Å²) in [4.78, 5) is 19.0. The second-order valence-corrected chi connectivity index (χ2v) is 5.80. The molecule has 1 aromatic heterocycles. The van der Waals surface area contributed by atoms with Crippen molar-refractivity contribution < 1.29 is 4.79 Å². The number of carbonyl (C=O) groups excluding carboxylic acids is 1. The van der Waals surface area contributed by atoms with E-state index in [0.717, 1.165) is 30.3 Å². The van der Waals surface area contributed by atoms with Crippen molar-refractivity contribution in [2.75, 3.05) is 18.8 Å². The highest BCUT2D eigenvalue weighted by Crippen LogP contribution is 2.31. The van der Waals surface area contributed by atoms with Crippen molar-refractivity contribution in [3.63, 3.8) is 0 Å². The molecule has 1 aromatic carbocycles. The molecule has 4 nitrogen and oxygen atoms in total. The van der Waals surface area contributed by atoms with E-state index in [-0.39, 0.29) is 5.91 Å². The van der Waals surface area contributed by atoms with Gasteiger partial charge in [0, 0.05) is 24.7 Å². The molecule has 1 fully saturated rings. The molecule has 2 aromatic rings. The summed E-state index contributed by atoms with van der Waals surface area (Å²) in [6.07, 6.45) is 5.08. The van der Waals surface area contributed by atoms with Gasteiger partial charge in [-0.05, 0) is 30.6 Å². The van der Waals surface area contributed by atoms with Gasteiger partial charge in [-0.3, -0.25) is 4.79 Å². The summed E-state index contributed by atoms with van der Waals surface area (Å²) in [5.41, 5.74) is 6.58. The normalized spacial score (nSPS) is 14.3. The van der Waals surface area contributed by atoms with Crippen LogP contribution in [0, 0.1) is 5.92 Å². The van der Waals surface area contributed by atoms with Gasteiger partial charge in [0.2, 0.25) is 0 Å². The third kappa shape index (κ3) is 2.84. The number of nitrogen functional groups attached to an aromatic ring is 1. The zero-order valence-electron chi connectivity index (χ0n) is 12.4. The van der Waals surface area contributed by atoms with E-state index in [1.165, 1.54) is 12.8 Å². The van der Waals surface area contributed by atoms with E-state index >= 15 is 0 Å². The Morgan fingerprint density at radius 1 is 1.33 bits per heavy atom. The van der Waals surface area contributed by atoms with E-state index < -0.39 is 0 Å². The molecule has 110 valence electrons. The molecule has 21 heavy (non-hydrogen) atoms. The van der Waals surface area contributed by atoms with Crippen LogP contribution in [0.3, 0.4) is 0 Å². The maximum atomic E-state index is 12.9. The van der Waals surface area contributed by atoms with Crippen molar-refractivity contribution >= 4 is 22.5 Å². The Morgan fingerprint density at radius 2 is 2.05 bits per heavy atom. The van der Waals surface area contributed by atoms with Gasteiger partial charge in [-0.15, -0.1) is 0 Å². The van der Waals surface area contributed by atoms with Crippen molar-refractivity contribution in [1.82, 2.24) is 9.88 Å². The average Bonchev–Trinajstić information content (AvgIpc) is 3.31. The largest absolute Gasteiger partial charge is 0.383 e. The van der Waals surface area contributed by atoms with Crippen molar-refractivity contribution in [3.05, 3.63) is 36.0 Å². The lowest BCUT2D eigenvalue weighted by molar-refractivity contribution is 0.0749. The minimum Gasteiger partial charge on any atom is -0.383 e. The molecule has 0 bridgehead atoms. The van der Waals surface area contributed by atoms with Gasteiger partial charge in [0.15, 0.2) is 0 Å². The average molecular weight is 283 g/mol. The van der Waals surface area contributed by atoms with Crippen LogP contribution >= 0.6 is 0 Å².